The number of aromatic nitrogens is 3. The second kappa shape index (κ2) is 6.23. The zero-order valence-electron chi connectivity index (χ0n) is 13.9. The fraction of sp³-hybridized carbons (Fsp3) is 0.222. The molecule has 0 aliphatic heterocycles. The van der Waals surface area contributed by atoms with Crippen LogP contribution in [0.1, 0.15) is 31.3 Å². The first kappa shape index (κ1) is 15.9. The van der Waals surface area contributed by atoms with Gasteiger partial charge in [-0.3, -0.25) is 9.78 Å². The first-order chi connectivity index (χ1) is 11.4. The van der Waals surface area contributed by atoms with E-state index in [0.717, 1.165) is 10.9 Å². The number of amides is 1. The van der Waals surface area contributed by atoms with E-state index in [4.69, 9.17) is 0 Å². The quantitative estimate of drug-likeness (QED) is 0.772. The van der Waals surface area contributed by atoms with E-state index in [-0.39, 0.29) is 11.4 Å². The summed E-state index contributed by atoms with van der Waals surface area (Å²) < 4.78 is 0. The molecule has 0 unspecified atom stereocenters. The largest absolute Gasteiger partial charge is 0.350 e. The lowest BCUT2D eigenvalue weighted by molar-refractivity contribution is 0.102. The number of hydrogen-bond acceptors (Lipinski definition) is 5. The molecular weight excluding hydrogens is 302 g/mol. The van der Waals surface area contributed by atoms with Crippen LogP contribution in [0, 0.1) is 0 Å². The molecule has 6 heteroatoms. The number of nitrogens with one attached hydrogen (secondary N) is 2. The fourth-order valence-electron chi connectivity index (χ4n) is 2.27. The van der Waals surface area contributed by atoms with Crippen molar-refractivity contribution in [3.8, 4) is 0 Å². The molecule has 0 fully saturated rings. The summed E-state index contributed by atoms with van der Waals surface area (Å²) in [5, 5.41) is 6.99. The number of anilines is 2. The molecule has 1 aromatic carbocycles. The Bertz CT molecular complexity index is 880. The Morgan fingerprint density at radius 3 is 2.58 bits per heavy atom. The number of carbonyl (C=O) groups excluding carboxylic acids is 1. The summed E-state index contributed by atoms with van der Waals surface area (Å²) in [6, 6.07) is 11.1. The molecule has 0 spiro atoms. The normalized spacial score (nSPS) is 11.3. The highest BCUT2D eigenvalue weighted by molar-refractivity contribution is 6.07. The van der Waals surface area contributed by atoms with Gasteiger partial charge < -0.3 is 10.6 Å². The monoisotopic (exact) mass is 321 g/mol. The third kappa shape index (κ3) is 3.65. The molecule has 0 radical (unpaired) electrons. The first-order valence-electron chi connectivity index (χ1n) is 7.69. The third-order valence-corrected chi connectivity index (χ3v) is 3.26. The second-order valence-electron chi connectivity index (χ2n) is 6.48. The average Bonchev–Trinajstić information content (AvgIpc) is 2.54. The molecule has 1 amide bonds. The Morgan fingerprint density at radius 2 is 1.79 bits per heavy atom. The second-order valence-corrected chi connectivity index (χ2v) is 6.48. The number of pyridine rings is 1. The van der Waals surface area contributed by atoms with Crippen LogP contribution in [-0.4, -0.2) is 26.4 Å². The highest BCUT2D eigenvalue weighted by Gasteiger charge is 2.14. The van der Waals surface area contributed by atoms with E-state index in [1.54, 1.807) is 18.5 Å². The van der Waals surface area contributed by atoms with Crippen molar-refractivity contribution in [3.05, 3.63) is 54.5 Å². The number of hydrogen-bond donors (Lipinski definition) is 2. The van der Waals surface area contributed by atoms with Gasteiger partial charge in [-0.2, -0.15) is 0 Å². The predicted molar refractivity (Wildman–Crippen MR) is 95.1 cm³/mol. The van der Waals surface area contributed by atoms with Gasteiger partial charge in [0.1, 0.15) is 5.69 Å². The summed E-state index contributed by atoms with van der Waals surface area (Å²) in [7, 11) is 0. The Balaban J connectivity index is 1.86. The molecule has 0 aliphatic rings. The molecule has 0 saturated carbocycles. The van der Waals surface area contributed by atoms with Crippen LogP contribution in [0.4, 0.5) is 11.6 Å². The van der Waals surface area contributed by atoms with Gasteiger partial charge >= 0.3 is 0 Å². The topological polar surface area (TPSA) is 79.8 Å². The zero-order valence-corrected chi connectivity index (χ0v) is 13.9. The summed E-state index contributed by atoms with van der Waals surface area (Å²) >= 11 is 0. The molecule has 0 atom stereocenters. The minimum absolute atomic E-state index is 0.186. The first-order valence-corrected chi connectivity index (χ1v) is 7.69. The van der Waals surface area contributed by atoms with E-state index >= 15 is 0 Å². The Labute approximate surface area is 140 Å². The van der Waals surface area contributed by atoms with Gasteiger partial charge in [0.2, 0.25) is 5.95 Å². The fourth-order valence-corrected chi connectivity index (χ4v) is 2.27. The lowest BCUT2D eigenvalue weighted by Gasteiger charge is -2.20. The summed E-state index contributed by atoms with van der Waals surface area (Å²) in [6.45, 7) is 6.01. The summed E-state index contributed by atoms with van der Waals surface area (Å²) in [4.78, 5) is 25.3. The number of benzene rings is 1. The van der Waals surface area contributed by atoms with Crippen LogP contribution in [0.3, 0.4) is 0 Å². The van der Waals surface area contributed by atoms with Crippen molar-refractivity contribution in [1.29, 1.82) is 0 Å². The molecule has 122 valence electrons. The molecule has 24 heavy (non-hydrogen) atoms. The molecule has 2 N–H and O–H groups in total. The molecule has 2 heterocycles. The van der Waals surface area contributed by atoms with Crippen molar-refractivity contribution in [1.82, 2.24) is 15.0 Å². The Morgan fingerprint density at radius 1 is 1.00 bits per heavy atom. The molecule has 0 saturated heterocycles. The van der Waals surface area contributed by atoms with Gasteiger partial charge in [0.05, 0.1) is 11.2 Å². The highest BCUT2D eigenvalue weighted by Crippen LogP contribution is 2.21. The van der Waals surface area contributed by atoms with Gasteiger partial charge in [0, 0.05) is 23.3 Å². The number of carbonyl (C=O) groups is 1. The molecule has 0 bridgehead atoms. The maximum Gasteiger partial charge on any atom is 0.274 e. The molecular formula is C18H19N5O. The lowest BCUT2D eigenvalue weighted by atomic mass is 10.1. The maximum absolute atomic E-state index is 12.5. The summed E-state index contributed by atoms with van der Waals surface area (Å²) in [6.07, 6.45) is 3.27. The number of nitrogens with zero attached hydrogens (tertiary/aromatic N) is 3. The van der Waals surface area contributed by atoms with Gasteiger partial charge in [0.25, 0.3) is 5.91 Å². The van der Waals surface area contributed by atoms with Crippen molar-refractivity contribution >= 4 is 28.4 Å². The third-order valence-electron chi connectivity index (χ3n) is 3.26. The maximum atomic E-state index is 12.5. The Kier molecular flexibility index (Phi) is 4.12. The smallest absolute Gasteiger partial charge is 0.274 e. The zero-order chi connectivity index (χ0) is 17.2. The van der Waals surface area contributed by atoms with Crippen LogP contribution < -0.4 is 10.6 Å². The number of para-hydroxylation sites is 1. The van der Waals surface area contributed by atoms with Crippen LogP contribution in [0.25, 0.3) is 10.9 Å². The lowest BCUT2D eigenvalue weighted by Crippen LogP contribution is -2.28. The van der Waals surface area contributed by atoms with Crippen molar-refractivity contribution in [2.75, 3.05) is 10.6 Å². The number of rotatable bonds is 3. The van der Waals surface area contributed by atoms with Crippen molar-refractivity contribution < 1.29 is 4.79 Å². The highest BCUT2D eigenvalue weighted by atomic mass is 16.1. The van der Waals surface area contributed by atoms with Crippen molar-refractivity contribution in [3.63, 3.8) is 0 Å². The number of fused-ring (bicyclic) bond motifs is 1. The standard InChI is InChI=1S/C18H19N5O/c1-18(2,3)23-17-20-11-9-14(22-17)16(24)21-13-8-4-6-12-7-5-10-19-15(12)13/h4-11H,1-3H3,(H,21,24)(H,20,22,23). The van der Waals surface area contributed by atoms with E-state index in [0.29, 0.717) is 17.3 Å². The van der Waals surface area contributed by atoms with E-state index < -0.39 is 0 Å². The van der Waals surface area contributed by atoms with Crippen molar-refractivity contribution in [2.24, 2.45) is 0 Å². The van der Waals surface area contributed by atoms with E-state index in [2.05, 4.69) is 25.6 Å². The van der Waals surface area contributed by atoms with E-state index in [1.807, 2.05) is 51.1 Å². The van der Waals surface area contributed by atoms with E-state index in [1.165, 1.54) is 0 Å². The van der Waals surface area contributed by atoms with Crippen LogP contribution in [0.5, 0.6) is 0 Å². The minimum Gasteiger partial charge on any atom is -0.350 e. The molecule has 6 nitrogen and oxygen atoms in total. The molecule has 3 rings (SSSR count). The predicted octanol–water partition coefficient (Wildman–Crippen LogP) is 3.49. The average molecular weight is 321 g/mol. The van der Waals surface area contributed by atoms with Gasteiger partial charge in [-0.25, -0.2) is 9.97 Å². The minimum atomic E-state index is -0.299. The molecule has 3 aromatic rings. The van der Waals surface area contributed by atoms with Gasteiger partial charge in [-0.05, 0) is 39.0 Å². The van der Waals surface area contributed by atoms with Crippen LogP contribution in [0.15, 0.2) is 48.8 Å². The molecule has 2 aromatic heterocycles. The van der Waals surface area contributed by atoms with Gasteiger partial charge in [-0.15, -0.1) is 0 Å². The van der Waals surface area contributed by atoms with Crippen LogP contribution in [-0.2, 0) is 0 Å². The summed E-state index contributed by atoms with van der Waals surface area (Å²) in [5.74, 6) is 0.124. The Hall–Kier alpha value is -3.02. The van der Waals surface area contributed by atoms with Crippen LogP contribution >= 0.6 is 0 Å². The van der Waals surface area contributed by atoms with Gasteiger partial charge in [0.15, 0.2) is 0 Å². The van der Waals surface area contributed by atoms with Crippen molar-refractivity contribution in [2.45, 2.75) is 26.3 Å². The van der Waals surface area contributed by atoms with Gasteiger partial charge in [-0.1, -0.05) is 18.2 Å². The SMILES string of the molecule is CC(C)(C)Nc1nccc(C(=O)Nc2cccc3cccnc23)n1. The molecule has 0 aliphatic carbocycles. The summed E-state index contributed by atoms with van der Waals surface area (Å²) in [5.41, 5.74) is 1.51. The van der Waals surface area contributed by atoms with E-state index in [9.17, 15) is 4.79 Å². The van der Waals surface area contributed by atoms with Crippen LogP contribution in [0.2, 0.25) is 0 Å².